The Kier molecular flexibility index (Phi) is 3.28. The van der Waals surface area contributed by atoms with Crippen LogP contribution in [-0.2, 0) is 11.2 Å². The Labute approximate surface area is 124 Å². The van der Waals surface area contributed by atoms with Crippen molar-refractivity contribution in [3.63, 3.8) is 0 Å². The summed E-state index contributed by atoms with van der Waals surface area (Å²) in [6, 6.07) is 12.6. The van der Waals surface area contributed by atoms with Gasteiger partial charge < -0.3 is 10.6 Å². The lowest BCUT2D eigenvalue weighted by molar-refractivity contribution is -0.115. The summed E-state index contributed by atoms with van der Waals surface area (Å²) in [5.74, 6) is -0.234. The van der Waals surface area contributed by atoms with Gasteiger partial charge in [-0.25, -0.2) is 0 Å². The number of halogens is 1. The van der Waals surface area contributed by atoms with Gasteiger partial charge in [0, 0.05) is 15.7 Å². The van der Waals surface area contributed by atoms with Gasteiger partial charge in [0.15, 0.2) is 0 Å². The first-order valence-electron chi connectivity index (χ1n) is 6.12. The van der Waals surface area contributed by atoms with E-state index in [0.717, 1.165) is 15.7 Å². The van der Waals surface area contributed by atoms with Crippen molar-refractivity contribution in [2.24, 2.45) is 0 Å². The molecule has 2 N–H and O–H groups in total. The molecule has 0 unspecified atom stereocenters. The molecule has 0 aromatic heterocycles. The third-order valence-electron chi connectivity index (χ3n) is 3.11. The average molecular weight is 331 g/mol. The molecule has 0 atom stereocenters. The molecule has 100 valence electrons. The van der Waals surface area contributed by atoms with E-state index in [4.69, 9.17) is 0 Å². The third-order valence-corrected chi connectivity index (χ3v) is 3.81. The van der Waals surface area contributed by atoms with Crippen LogP contribution < -0.4 is 10.6 Å². The molecule has 5 heteroatoms. The van der Waals surface area contributed by atoms with Crippen LogP contribution in [-0.4, -0.2) is 11.8 Å². The maximum absolute atomic E-state index is 12.2. The van der Waals surface area contributed by atoms with E-state index in [1.165, 1.54) is 0 Å². The van der Waals surface area contributed by atoms with Crippen molar-refractivity contribution in [3.8, 4) is 0 Å². The maximum atomic E-state index is 12.2. The highest BCUT2D eigenvalue weighted by atomic mass is 79.9. The van der Waals surface area contributed by atoms with Crippen molar-refractivity contribution in [1.82, 2.24) is 0 Å². The second-order valence-electron chi connectivity index (χ2n) is 4.53. The molecule has 0 saturated heterocycles. The van der Waals surface area contributed by atoms with Gasteiger partial charge in [-0.3, -0.25) is 9.59 Å². The summed E-state index contributed by atoms with van der Waals surface area (Å²) in [5.41, 5.74) is 2.89. The Morgan fingerprint density at radius 2 is 2.00 bits per heavy atom. The molecule has 4 nitrogen and oxygen atoms in total. The number of anilines is 2. The number of nitrogens with one attached hydrogen (secondary N) is 2. The number of fused-ring (bicyclic) bond motifs is 1. The lowest BCUT2D eigenvalue weighted by Crippen LogP contribution is -2.12. The van der Waals surface area contributed by atoms with Gasteiger partial charge in [0.05, 0.1) is 12.1 Å². The second-order valence-corrected chi connectivity index (χ2v) is 5.39. The molecule has 3 rings (SSSR count). The van der Waals surface area contributed by atoms with E-state index in [9.17, 15) is 9.59 Å². The topological polar surface area (TPSA) is 58.2 Å². The minimum absolute atomic E-state index is 0.0386. The fourth-order valence-corrected chi connectivity index (χ4v) is 2.51. The van der Waals surface area contributed by atoms with E-state index >= 15 is 0 Å². The summed E-state index contributed by atoms with van der Waals surface area (Å²) in [6.07, 6.45) is 0.325. The van der Waals surface area contributed by atoms with Gasteiger partial charge >= 0.3 is 0 Å². The number of rotatable bonds is 2. The minimum atomic E-state index is -0.195. The molecule has 0 fully saturated rings. The molecule has 1 heterocycles. The fraction of sp³-hybridized carbons (Fsp3) is 0.0667. The van der Waals surface area contributed by atoms with E-state index in [1.807, 2.05) is 24.3 Å². The number of carbonyl (C=O) groups is 2. The van der Waals surface area contributed by atoms with Gasteiger partial charge in [0.2, 0.25) is 5.91 Å². The Bertz CT molecular complexity index is 713. The van der Waals surface area contributed by atoms with Crippen molar-refractivity contribution in [2.75, 3.05) is 10.6 Å². The molecule has 2 aromatic rings. The van der Waals surface area contributed by atoms with Gasteiger partial charge in [-0.15, -0.1) is 0 Å². The minimum Gasteiger partial charge on any atom is -0.326 e. The van der Waals surface area contributed by atoms with Gasteiger partial charge in [0.25, 0.3) is 5.91 Å². The van der Waals surface area contributed by atoms with E-state index < -0.39 is 0 Å². The van der Waals surface area contributed by atoms with Gasteiger partial charge in [-0.05, 0) is 51.8 Å². The van der Waals surface area contributed by atoms with Crippen LogP contribution in [0.2, 0.25) is 0 Å². The van der Waals surface area contributed by atoms with E-state index in [1.54, 1.807) is 18.2 Å². The SMILES string of the molecule is O=C1Cc2cc(C(=O)Nc3ccccc3Br)ccc2N1. The standard InChI is InChI=1S/C15H11BrN2O2/c16-11-3-1-2-4-13(11)18-15(20)9-5-6-12-10(7-9)8-14(19)17-12/h1-7H,8H2,(H,17,19)(H,18,20). The van der Waals surface area contributed by atoms with E-state index in [2.05, 4.69) is 26.6 Å². The monoisotopic (exact) mass is 330 g/mol. The van der Waals surface area contributed by atoms with Crippen LogP contribution in [0.3, 0.4) is 0 Å². The quantitative estimate of drug-likeness (QED) is 0.888. The van der Waals surface area contributed by atoms with Gasteiger partial charge in [0.1, 0.15) is 0 Å². The Balaban J connectivity index is 1.84. The predicted molar refractivity (Wildman–Crippen MR) is 80.9 cm³/mol. The fourth-order valence-electron chi connectivity index (χ4n) is 2.13. The number of hydrogen-bond acceptors (Lipinski definition) is 2. The Hall–Kier alpha value is -2.14. The third kappa shape index (κ3) is 2.44. The molecule has 1 aliphatic heterocycles. The molecule has 0 saturated carbocycles. The van der Waals surface area contributed by atoms with Crippen molar-refractivity contribution in [2.45, 2.75) is 6.42 Å². The smallest absolute Gasteiger partial charge is 0.255 e. The lowest BCUT2D eigenvalue weighted by atomic mass is 10.1. The number of benzene rings is 2. The molecule has 0 radical (unpaired) electrons. The maximum Gasteiger partial charge on any atom is 0.255 e. The molecule has 20 heavy (non-hydrogen) atoms. The highest BCUT2D eigenvalue weighted by molar-refractivity contribution is 9.10. The number of amides is 2. The summed E-state index contributed by atoms with van der Waals surface area (Å²) in [6.45, 7) is 0. The van der Waals surface area contributed by atoms with Gasteiger partial charge in [-0.2, -0.15) is 0 Å². The number of carbonyl (C=O) groups excluding carboxylic acids is 2. The first-order chi connectivity index (χ1) is 9.63. The zero-order chi connectivity index (χ0) is 14.1. The van der Waals surface area contributed by atoms with Crippen LogP contribution >= 0.6 is 15.9 Å². The summed E-state index contributed by atoms with van der Waals surface area (Å²) < 4.78 is 0.825. The summed E-state index contributed by atoms with van der Waals surface area (Å²) in [4.78, 5) is 23.5. The van der Waals surface area contributed by atoms with Crippen LogP contribution in [0.15, 0.2) is 46.9 Å². The highest BCUT2D eigenvalue weighted by Gasteiger charge is 2.19. The van der Waals surface area contributed by atoms with Crippen molar-refractivity contribution in [3.05, 3.63) is 58.1 Å². The van der Waals surface area contributed by atoms with Crippen molar-refractivity contribution < 1.29 is 9.59 Å². The van der Waals surface area contributed by atoms with Crippen LogP contribution in [0.25, 0.3) is 0 Å². The second kappa shape index (κ2) is 5.09. The number of para-hydroxylation sites is 1. The highest BCUT2D eigenvalue weighted by Crippen LogP contribution is 2.25. The molecule has 0 aliphatic carbocycles. The van der Waals surface area contributed by atoms with Crippen LogP contribution in [0.5, 0.6) is 0 Å². The summed E-state index contributed by atoms with van der Waals surface area (Å²) in [7, 11) is 0. The van der Waals surface area contributed by atoms with Crippen LogP contribution in [0.1, 0.15) is 15.9 Å². The summed E-state index contributed by atoms with van der Waals surface area (Å²) >= 11 is 3.39. The molecular weight excluding hydrogens is 320 g/mol. The molecule has 0 spiro atoms. The molecule has 1 aliphatic rings. The molecule has 2 amide bonds. The van der Waals surface area contributed by atoms with Crippen molar-refractivity contribution in [1.29, 1.82) is 0 Å². The molecule has 2 aromatic carbocycles. The lowest BCUT2D eigenvalue weighted by Gasteiger charge is -2.08. The zero-order valence-corrected chi connectivity index (χ0v) is 12.0. The van der Waals surface area contributed by atoms with Crippen molar-refractivity contribution >= 4 is 39.1 Å². The molecule has 0 bridgehead atoms. The normalized spacial score (nSPS) is 12.8. The van der Waals surface area contributed by atoms with E-state index in [0.29, 0.717) is 17.7 Å². The number of hydrogen-bond donors (Lipinski definition) is 2. The first kappa shape index (κ1) is 12.9. The predicted octanol–water partition coefficient (Wildman–Crippen LogP) is 3.20. The Morgan fingerprint density at radius 3 is 2.80 bits per heavy atom. The van der Waals surface area contributed by atoms with Crippen LogP contribution in [0, 0.1) is 0 Å². The van der Waals surface area contributed by atoms with E-state index in [-0.39, 0.29) is 11.8 Å². The van der Waals surface area contributed by atoms with Crippen LogP contribution in [0.4, 0.5) is 11.4 Å². The molecular formula is C15H11BrN2O2. The first-order valence-corrected chi connectivity index (χ1v) is 6.91. The van der Waals surface area contributed by atoms with Gasteiger partial charge in [-0.1, -0.05) is 12.1 Å². The zero-order valence-electron chi connectivity index (χ0n) is 10.4. The largest absolute Gasteiger partial charge is 0.326 e. The Morgan fingerprint density at radius 1 is 1.20 bits per heavy atom. The average Bonchev–Trinajstić information content (AvgIpc) is 2.80. The summed E-state index contributed by atoms with van der Waals surface area (Å²) in [5, 5.41) is 5.58.